The fraction of sp³-hybridized carbons (Fsp3) is 0.417. The van der Waals surface area contributed by atoms with Crippen molar-refractivity contribution in [3.63, 3.8) is 0 Å². The molecule has 0 spiro atoms. The van der Waals surface area contributed by atoms with Crippen LogP contribution in [0.5, 0.6) is 0 Å². The maximum atomic E-state index is 11.7. The standard InChI is InChI=1S/C12H17N3O3.ClH/c1-9-8-10(4-5-11(9)15(17)18)12(16)14-7-3-6-13-2;/h4-5,8,13H,3,6-7H2,1-2H3,(H,14,16);1H. The predicted molar refractivity (Wildman–Crippen MR) is 76.0 cm³/mol. The lowest BCUT2D eigenvalue weighted by Gasteiger charge is -2.06. The molecule has 0 atom stereocenters. The monoisotopic (exact) mass is 287 g/mol. The third kappa shape index (κ3) is 5.23. The van der Waals surface area contributed by atoms with Crippen molar-refractivity contribution in [2.45, 2.75) is 13.3 Å². The maximum Gasteiger partial charge on any atom is 0.272 e. The van der Waals surface area contributed by atoms with Gasteiger partial charge in [-0.15, -0.1) is 12.4 Å². The molecular formula is C12H18ClN3O3. The van der Waals surface area contributed by atoms with E-state index in [-0.39, 0.29) is 24.0 Å². The lowest BCUT2D eigenvalue weighted by Crippen LogP contribution is -2.26. The van der Waals surface area contributed by atoms with Crippen LogP contribution in [0.2, 0.25) is 0 Å². The van der Waals surface area contributed by atoms with Gasteiger partial charge in [0, 0.05) is 23.7 Å². The second-order valence-corrected chi connectivity index (χ2v) is 3.97. The second kappa shape index (κ2) is 8.44. The van der Waals surface area contributed by atoms with Gasteiger partial charge in [0.15, 0.2) is 0 Å². The minimum absolute atomic E-state index is 0. The Morgan fingerprint density at radius 2 is 2.05 bits per heavy atom. The summed E-state index contributed by atoms with van der Waals surface area (Å²) in [6.45, 7) is 3.03. The molecule has 0 aliphatic heterocycles. The number of rotatable bonds is 6. The van der Waals surface area contributed by atoms with E-state index >= 15 is 0 Å². The van der Waals surface area contributed by atoms with Gasteiger partial charge < -0.3 is 10.6 Å². The first-order valence-corrected chi connectivity index (χ1v) is 5.74. The van der Waals surface area contributed by atoms with E-state index in [1.165, 1.54) is 18.2 Å². The molecule has 7 heteroatoms. The highest BCUT2D eigenvalue weighted by atomic mass is 35.5. The molecule has 1 amide bonds. The minimum atomic E-state index is -0.454. The van der Waals surface area contributed by atoms with Gasteiger partial charge in [-0.25, -0.2) is 0 Å². The molecule has 0 fully saturated rings. The number of benzene rings is 1. The third-order valence-electron chi connectivity index (χ3n) is 2.54. The first kappa shape index (κ1) is 17.3. The SMILES string of the molecule is CNCCCNC(=O)c1ccc([N+](=O)[O-])c(C)c1.Cl. The van der Waals surface area contributed by atoms with Crippen molar-refractivity contribution in [2.24, 2.45) is 0 Å². The van der Waals surface area contributed by atoms with E-state index in [4.69, 9.17) is 0 Å². The van der Waals surface area contributed by atoms with Crippen molar-refractivity contribution in [3.8, 4) is 0 Å². The molecule has 106 valence electrons. The van der Waals surface area contributed by atoms with Crippen LogP contribution in [0.15, 0.2) is 18.2 Å². The summed E-state index contributed by atoms with van der Waals surface area (Å²) in [6, 6.07) is 4.36. The van der Waals surface area contributed by atoms with Crippen molar-refractivity contribution in [3.05, 3.63) is 39.4 Å². The number of nitrogens with zero attached hydrogens (tertiary/aromatic N) is 1. The van der Waals surface area contributed by atoms with Crippen LogP contribution in [0.4, 0.5) is 5.69 Å². The van der Waals surface area contributed by atoms with Gasteiger partial charge in [-0.3, -0.25) is 14.9 Å². The van der Waals surface area contributed by atoms with E-state index in [2.05, 4.69) is 10.6 Å². The largest absolute Gasteiger partial charge is 0.352 e. The normalized spacial score (nSPS) is 9.58. The summed E-state index contributed by atoms with van der Waals surface area (Å²) in [4.78, 5) is 21.9. The Morgan fingerprint density at radius 1 is 1.37 bits per heavy atom. The summed E-state index contributed by atoms with van der Waals surface area (Å²) in [5.74, 6) is -0.205. The van der Waals surface area contributed by atoms with Crippen molar-refractivity contribution in [1.29, 1.82) is 0 Å². The second-order valence-electron chi connectivity index (χ2n) is 3.97. The fourth-order valence-corrected chi connectivity index (χ4v) is 1.57. The molecule has 2 N–H and O–H groups in total. The average Bonchev–Trinajstić information content (AvgIpc) is 2.33. The molecule has 1 rings (SSSR count). The van der Waals surface area contributed by atoms with Crippen molar-refractivity contribution in [2.75, 3.05) is 20.1 Å². The number of aryl methyl sites for hydroxylation is 1. The van der Waals surface area contributed by atoms with Crippen LogP contribution in [0.25, 0.3) is 0 Å². The summed E-state index contributed by atoms with van der Waals surface area (Å²) in [6.07, 6.45) is 0.841. The number of nitrogens with one attached hydrogen (secondary N) is 2. The zero-order valence-electron chi connectivity index (χ0n) is 10.9. The Hall–Kier alpha value is -1.66. The molecule has 0 radical (unpaired) electrons. The first-order valence-electron chi connectivity index (χ1n) is 5.74. The third-order valence-corrected chi connectivity index (χ3v) is 2.54. The number of nitro benzene ring substituents is 1. The van der Waals surface area contributed by atoms with E-state index in [0.29, 0.717) is 17.7 Å². The highest BCUT2D eigenvalue weighted by Gasteiger charge is 2.13. The Labute approximate surface area is 118 Å². The van der Waals surface area contributed by atoms with Gasteiger partial charge in [0.25, 0.3) is 11.6 Å². The average molecular weight is 288 g/mol. The number of carbonyl (C=O) groups excluding carboxylic acids is 1. The molecule has 0 aliphatic carbocycles. The number of halogens is 1. The van der Waals surface area contributed by atoms with E-state index in [0.717, 1.165) is 13.0 Å². The van der Waals surface area contributed by atoms with Crippen LogP contribution in [-0.2, 0) is 0 Å². The molecule has 6 nitrogen and oxygen atoms in total. The predicted octanol–water partition coefficient (Wildman–Crippen LogP) is 1.66. The van der Waals surface area contributed by atoms with Gasteiger partial charge in [0.05, 0.1) is 4.92 Å². The molecule has 1 aromatic carbocycles. The number of carbonyl (C=O) groups is 1. The van der Waals surface area contributed by atoms with Crippen molar-refractivity contribution in [1.82, 2.24) is 10.6 Å². The molecule has 19 heavy (non-hydrogen) atoms. The van der Waals surface area contributed by atoms with Gasteiger partial charge in [0.2, 0.25) is 0 Å². The summed E-state index contributed by atoms with van der Waals surface area (Å²) in [7, 11) is 1.85. The highest BCUT2D eigenvalue weighted by Crippen LogP contribution is 2.18. The van der Waals surface area contributed by atoms with Crippen molar-refractivity contribution < 1.29 is 9.72 Å². The van der Waals surface area contributed by atoms with Crippen molar-refractivity contribution >= 4 is 24.0 Å². The number of hydrogen-bond donors (Lipinski definition) is 2. The molecule has 0 heterocycles. The molecular weight excluding hydrogens is 270 g/mol. The van der Waals surface area contributed by atoms with E-state index < -0.39 is 4.92 Å². The molecule has 0 aliphatic rings. The van der Waals surface area contributed by atoms with Crippen LogP contribution >= 0.6 is 12.4 Å². The molecule has 1 aromatic rings. The zero-order valence-corrected chi connectivity index (χ0v) is 11.8. The van der Waals surface area contributed by atoms with E-state index in [1.807, 2.05) is 7.05 Å². The van der Waals surface area contributed by atoms with Gasteiger partial charge in [0.1, 0.15) is 0 Å². The molecule has 0 saturated heterocycles. The topological polar surface area (TPSA) is 84.3 Å². The lowest BCUT2D eigenvalue weighted by molar-refractivity contribution is -0.385. The Bertz CT molecular complexity index is 452. The van der Waals surface area contributed by atoms with E-state index in [9.17, 15) is 14.9 Å². The molecule has 0 bridgehead atoms. The first-order chi connectivity index (χ1) is 8.56. The van der Waals surface area contributed by atoms with Crippen LogP contribution in [0, 0.1) is 17.0 Å². The van der Waals surface area contributed by atoms with Gasteiger partial charge in [-0.05, 0) is 39.1 Å². The van der Waals surface area contributed by atoms with Crippen LogP contribution in [0.1, 0.15) is 22.3 Å². The number of nitro groups is 1. The summed E-state index contributed by atoms with van der Waals surface area (Å²) in [5, 5.41) is 16.4. The Kier molecular flexibility index (Phi) is 7.71. The van der Waals surface area contributed by atoms with Gasteiger partial charge >= 0.3 is 0 Å². The quantitative estimate of drug-likeness (QED) is 0.473. The van der Waals surface area contributed by atoms with Gasteiger partial charge in [-0.1, -0.05) is 0 Å². The summed E-state index contributed by atoms with van der Waals surface area (Å²) < 4.78 is 0. The lowest BCUT2D eigenvalue weighted by atomic mass is 10.1. The van der Waals surface area contributed by atoms with Crippen LogP contribution < -0.4 is 10.6 Å². The number of hydrogen-bond acceptors (Lipinski definition) is 4. The fourth-order valence-electron chi connectivity index (χ4n) is 1.57. The summed E-state index contributed by atoms with van der Waals surface area (Å²) >= 11 is 0. The van der Waals surface area contributed by atoms with Crippen LogP contribution in [0.3, 0.4) is 0 Å². The Balaban J connectivity index is 0.00000324. The Morgan fingerprint density at radius 3 is 2.58 bits per heavy atom. The highest BCUT2D eigenvalue weighted by molar-refractivity contribution is 5.94. The zero-order chi connectivity index (χ0) is 13.5. The maximum absolute atomic E-state index is 11.7. The van der Waals surface area contributed by atoms with Crippen LogP contribution in [-0.4, -0.2) is 31.0 Å². The van der Waals surface area contributed by atoms with E-state index in [1.54, 1.807) is 6.92 Å². The minimum Gasteiger partial charge on any atom is -0.352 e. The molecule has 0 unspecified atom stereocenters. The molecule has 0 aromatic heterocycles. The smallest absolute Gasteiger partial charge is 0.272 e. The number of amides is 1. The summed E-state index contributed by atoms with van der Waals surface area (Å²) in [5.41, 5.74) is 0.965. The van der Waals surface area contributed by atoms with Gasteiger partial charge in [-0.2, -0.15) is 0 Å². The molecule has 0 saturated carbocycles.